The van der Waals surface area contributed by atoms with Crippen LogP contribution in [0.3, 0.4) is 0 Å². The Hall–Kier alpha value is -2.95. The van der Waals surface area contributed by atoms with E-state index in [-0.39, 0.29) is 42.5 Å². The molecule has 0 aromatic carbocycles. The first-order chi connectivity index (χ1) is 14.2. The van der Waals surface area contributed by atoms with E-state index >= 15 is 0 Å². The number of nitrogens with one attached hydrogen (secondary N) is 1. The molecule has 11 heteroatoms. The zero-order chi connectivity index (χ0) is 22.3. The number of imidazole rings is 1. The van der Waals surface area contributed by atoms with Gasteiger partial charge in [-0.3, -0.25) is 19.4 Å². The van der Waals surface area contributed by atoms with Crippen molar-refractivity contribution in [2.45, 2.75) is 52.6 Å². The molecular formula is C19H30N6O5. The lowest BCUT2D eigenvalue weighted by molar-refractivity contribution is -0.149. The Bertz CT molecular complexity index is 922. The molecule has 2 rings (SSSR count). The minimum Gasteiger partial charge on any atom is -0.465 e. The van der Waals surface area contributed by atoms with Gasteiger partial charge in [-0.05, 0) is 18.8 Å². The molecule has 2 aromatic rings. The largest absolute Gasteiger partial charge is 0.465 e. The highest BCUT2D eigenvalue weighted by Gasteiger charge is 2.21. The molecule has 0 unspecified atom stereocenters. The van der Waals surface area contributed by atoms with Gasteiger partial charge in [-0.1, -0.05) is 20.8 Å². The van der Waals surface area contributed by atoms with Crippen LogP contribution in [0.15, 0.2) is 11.1 Å². The molecule has 0 spiro atoms. The maximum atomic E-state index is 12.0. The summed E-state index contributed by atoms with van der Waals surface area (Å²) in [6.07, 6.45) is 2.92. The third kappa shape index (κ3) is 6.28. The van der Waals surface area contributed by atoms with Crippen molar-refractivity contribution < 1.29 is 19.1 Å². The molecule has 2 heterocycles. The number of nitrogens with zero attached hydrogens (tertiary/aromatic N) is 3. The van der Waals surface area contributed by atoms with E-state index in [0.29, 0.717) is 31.5 Å². The minimum absolute atomic E-state index is 0.0169. The molecule has 0 radical (unpaired) electrons. The fourth-order valence-corrected chi connectivity index (χ4v) is 2.79. The first-order valence-corrected chi connectivity index (χ1v) is 10.0. The van der Waals surface area contributed by atoms with Crippen molar-refractivity contribution in [3.63, 3.8) is 0 Å². The first kappa shape index (κ1) is 23.3. The van der Waals surface area contributed by atoms with E-state index in [2.05, 4.69) is 15.0 Å². The summed E-state index contributed by atoms with van der Waals surface area (Å²) in [4.78, 5) is 46.3. The number of hydrogen-bond donors (Lipinski definition) is 3. The Kier molecular flexibility index (Phi) is 8.34. The second-order valence-corrected chi connectivity index (χ2v) is 7.55. The highest BCUT2D eigenvalue weighted by Crippen LogP contribution is 2.14. The third-order valence-electron chi connectivity index (χ3n) is 4.64. The van der Waals surface area contributed by atoms with E-state index < -0.39 is 17.6 Å². The smallest absolute Gasteiger partial charge is 0.323 e. The number of ether oxygens (including phenoxy) is 2. The molecule has 0 aliphatic heterocycles. The fourth-order valence-electron chi connectivity index (χ4n) is 2.79. The van der Waals surface area contributed by atoms with Crippen LogP contribution in [0, 0.1) is 11.8 Å². The van der Waals surface area contributed by atoms with Gasteiger partial charge >= 0.3 is 11.9 Å². The molecule has 0 aliphatic rings. The summed E-state index contributed by atoms with van der Waals surface area (Å²) in [5.41, 5.74) is 11.5. The highest BCUT2D eigenvalue weighted by atomic mass is 16.5. The maximum absolute atomic E-state index is 12.0. The van der Waals surface area contributed by atoms with Crippen molar-refractivity contribution in [3.8, 4) is 0 Å². The third-order valence-corrected chi connectivity index (χ3v) is 4.64. The normalized spacial score (nSPS) is 13.4. The molecule has 2 atom stereocenters. The Labute approximate surface area is 174 Å². The van der Waals surface area contributed by atoms with Crippen LogP contribution in [-0.2, 0) is 25.6 Å². The van der Waals surface area contributed by atoms with Crippen LogP contribution in [0.1, 0.15) is 40.0 Å². The van der Waals surface area contributed by atoms with E-state index in [0.717, 1.165) is 0 Å². The van der Waals surface area contributed by atoms with E-state index in [9.17, 15) is 14.4 Å². The van der Waals surface area contributed by atoms with Crippen LogP contribution in [0.2, 0.25) is 0 Å². The van der Waals surface area contributed by atoms with Gasteiger partial charge in [0.1, 0.15) is 6.04 Å². The minimum atomic E-state index is -0.692. The number of nitrogens with two attached hydrogens (primary N) is 2. The molecule has 0 amide bonds. The molecule has 0 fully saturated rings. The highest BCUT2D eigenvalue weighted by molar-refractivity contribution is 5.75. The number of nitrogen functional groups attached to an aromatic ring is 1. The quantitative estimate of drug-likeness (QED) is 0.438. The van der Waals surface area contributed by atoms with Gasteiger partial charge in [-0.15, -0.1) is 0 Å². The lowest BCUT2D eigenvalue weighted by Crippen LogP contribution is -2.37. The van der Waals surface area contributed by atoms with Crippen molar-refractivity contribution >= 4 is 29.1 Å². The van der Waals surface area contributed by atoms with Crippen LogP contribution in [-0.4, -0.2) is 50.7 Å². The molecule has 11 nitrogen and oxygen atoms in total. The average molecular weight is 422 g/mol. The van der Waals surface area contributed by atoms with Crippen LogP contribution < -0.4 is 17.0 Å². The van der Waals surface area contributed by atoms with Gasteiger partial charge in [0.15, 0.2) is 11.2 Å². The molecule has 166 valence electrons. The summed E-state index contributed by atoms with van der Waals surface area (Å²) in [5, 5.41) is 0. The maximum Gasteiger partial charge on any atom is 0.323 e. The number of rotatable bonds is 11. The zero-order valence-corrected chi connectivity index (χ0v) is 17.6. The number of esters is 2. The summed E-state index contributed by atoms with van der Waals surface area (Å²) < 4.78 is 12.3. The molecule has 0 aliphatic carbocycles. The Morgan fingerprint density at radius 1 is 1.30 bits per heavy atom. The SMILES string of the molecule is CCCC(=O)OC[C@H](CCOC(=O)[C@@H](N)C(C)C)Cn1cnc2c(=O)[nH]c(N)nc21. The predicted octanol–water partition coefficient (Wildman–Crippen LogP) is 0.578. The zero-order valence-electron chi connectivity index (χ0n) is 17.6. The van der Waals surface area contributed by atoms with Crippen molar-refractivity contribution in [2.24, 2.45) is 17.6 Å². The molecule has 0 saturated heterocycles. The summed E-state index contributed by atoms with van der Waals surface area (Å²) in [6, 6.07) is -0.692. The molecule has 0 saturated carbocycles. The number of carbonyl (C=O) groups excluding carboxylic acids is 2. The number of aromatic amines is 1. The van der Waals surface area contributed by atoms with Crippen LogP contribution in [0.25, 0.3) is 11.2 Å². The average Bonchev–Trinajstić information content (AvgIpc) is 3.08. The van der Waals surface area contributed by atoms with Crippen LogP contribution in [0.4, 0.5) is 5.95 Å². The van der Waals surface area contributed by atoms with Crippen molar-refractivity contribution in [1.29, 1.82) is 0 Å². The predicted molar refractivity (Wildman–Crippen MR) is 110 cm³/mol. The second kappa shape index (κ2) is 10.7. The summed E-state index contributed by atoms with van der Waals surface area (Å²) >= 11 is 0. The molecule has 2 aromatic heterocycles. The first-order valence-electron chi connectivity index (χ1n) is 10.0. The van der Waals surface area contributed by atoms with Gasteiger partial charge in [0.2, 0.25) is 5.95 Å². The number of aromatic nitrogens is 4. The molecule has 0 bridgehead atoms. The standard InChI is InChI=1S/C19H30N6O5/c1-4-5-13(26)30-9-12(6-7-29-18(28)14(20)11(2)3)8-25-10-22-15-16(25)23-19(21)24-17(15)27/h10-12,14H,4-9,20H2,1-3H3,(H3,21,23,24,27)/t12-,14+/m1/s1. The number of carbonyl (C=O) groups is 2. The van der Waals surface area contributed by atoms with E-state index in [4.69, 9.17) is 20.9 Å². The molecule has 30 heavy (non-hydrogen) atoms. The van der Waals surface area contributed by atoms with E-state index in [1.165, 1.54) is 6.33 Å². The van der Waals surface area contributed by atoms with Crippen molar-refractivity contribution in [3.05, 3.63) is 16.7 Å². The number of H-pyrrole nitrogens is 1. The number of hydrogen-bond acceptors (Lipinski definition) is 9. The second-order valence-electron chi connectivity index (χ2n) is 7.55. The van der Waals surface area contributed by atoms with E-state index in [1.807, 2.05) is 20.8 Å². The Morgan fingerprint density at radius 3 is 2.70 bits per heavy atom. The Balaban J connectivity index is 2.08. The Morgan fingerprint density at radius 2 is 2.03 bits per heavy atom. The summed E-state index contributed by atoms with van der Waals surface area (Å²) in [6.45, 7) is 6.17. The number of anilines is 1. The van der Waals surface area contributed by atoms with Gasteiger partial charge in [-0.2, -0.15) is 4.98 Å². The van der Waals surface area contributed by atoms with Crippen molar-refractivity contribution in [2.75, 3.05) is 18.9 Å². The monoisotopic (exact) mass is 422 g/mol. The molecular weight excluding hydrogens is 392 g/mol. The number of fused-ring (bicyclic) bond motifs is 1. The summed E-state index contributed by atoms with van der Waals surface area (Å²) in [7, 11) is 0. The lowest BCUT2D eigenvalue weighted by atomic mass is 10.1. The fraction of sp³-hybridized carbons (Fsp3) is 0.632. The van der Waals surface area contributed by atoms with Crippen molar-refractivity contribution in [1.82, 2.24) is 19.5 Å². The van der Waals surface area contributed by atoms with Gasteiger partial charge in [0.05, 0.1) is 19.5 Å². The van der Waals surface area contributed by atoms with Crippen LogP contribution in [0.5, 0.6) is 0 Å². The van der Waals surface area contributed by atoms with Gasteiger partial charge in [-0.25, -0.2) is 4.98 Å². The van der Waals surface area contributed by atoms with Gasteiger partial charge in [0, 0.05) is 18.9 Å². The topological polar surface area (TPSA) is 168 Å². The molecule has 5 N–H and O–H groups in total. The van der Waals surface area contributed by atoms with Gasteiger partial charge < -0.3 is 25.5 Å². The van der Waals surface area contributed by atoms with E-state index in [1.54, 1.807) is 4.57 Å². The summed E-state index contributed by atoms with van der Waals surface area (Å²) in [5.74, 6) is -1.02. The lowest BCUT2D eigenvalue weighted by Gasteiger charge is -2.19. The van der Waals surface area contributed by atoms with Crippen LogP contribution >= 0.6 is 0 Å². The van der Waals surface area contributed by atoms with Gasteiger partial charge in [0.25, 0.3) is 5.56 Å².